The number of urea groups is 1. The highest BCUT2D eigenvalue weighted by molar-refractivity contribution is 8.14. The van der Waals surface area contributed by atoms with Crippen molar-refractivity contribution in [3.05, 3.63) is 30.3 Å². The van der Waals surface area contributed by atoms with Crippen molar-refractivity contribution in [1.82, 2.24) is 4.90 Å². The van der Waals surface area contributed by atoms with Gasteiger partial charge in [-0.2, -0.15) is 0 Å². The molecule has 2 rings (SSSR count). The quantitative estimate of drug-likeness (QED) is 0.881. The van der Waals surface area contributed by atoms with Crippen LogP contribution in [0.3, 0.4) is 0 Å². The molecule has 1 unspecified atom stereocenters. The molecule has 0 radical (unpaired) electrons. The molecule has 21 heavy (non-hydrogen) atoms. The number of benzene rings is 1. The number of hydrogen-bond acceptors (Lipinski definition) is 3. The average molecular weight is 305 g/mol. The first-order valence-corrected chi connectivity index (χ1v) is 8.04. The van der Waals surface area contributed by atoms with Crippen LogP contribution >= 0.6 is 11.8 Å². The maximum Gasteiger partial charge on any atom is 0.331 e. The zero-order valence-corrected chi connectivity index (χ0v) is 14.1. The second-order valence-corrected chi connectivity index (χ2v) is 7.66. The van der Waals surface area contributed by atoms with Crippen LogP contribution in [0.2, 0.25) is 0 Å². The molecule has 1 aliphatic heterocycles. The van der Waals surface area contributed by atoms with E-state index in [1.165, 1.54) is 16.7 Å². The van der Waals surface area contributed by atoms with Gasteiger partial charge in [0.1, 0.15) is 0 Å². The van der Waals surface area contributed by atoms with Crippen LogP contribution in [0.15, 0.2) is 30.3 Å². The highest BCUT2D eigenvalue weighted by Crippen LogP contribution is 2.40. The molecule has 1 fully saturated rings. The number of carbonyl (C=O) groups excluding carboxylic acids is 1. The number of anilines is 1. The Hall–Kier alpha value is -1.49. The lowest BCUT2D eigenvalue weighted by molar-refractivity contribution is 0.146. The summed E-state index contributed by atoms with van der Waals surface area (Å²) in [6, 6.07) is 9.39. The third-order valence-electron chi connectivity index (χ3n) is 3.40. The van der Waals surface area contributed by atoms with Crippen molar-refractivity contribution in [3.8, 4) is 0 Å². The fourth-order valence-corrected chi connectivity index (χ4v) is 3.71. The molecular weight excluding hydrogens is 282 g/mol. The Labute approximate surface area is 131 Å². The first kappa shape index (κ1) is 15.9. The zero-order valence-electron chi connectivity index (χ0n) is 13.3. The number of thioether (sulfide) groups is 1. The Bertz CT molecular complexity index is 536. The van der Waals surface area contributed by atoms with Gasteiger partial charge in [-0.15, -0.1) is 0 Å². The highest BCUT2D eigenvalue weighted by atomic mass is 32.2. The minimum absolute atomic E-state index is 0.0301. The van der Waals surface area contributed by atoms with Crippen molar-refractivity contribution in [2.24, 2.45) is 5.41 Å². The van der Waals surface area contributed by atoms with Crippen LogP contribution < -0.4 is 4.90 Å². The van der Waals surface area contributed by atoms with Crippen molar-refractivity contribution in [2.45, 2.75) is 46.0 Å². The van der Waals surface area contributed by atoms with Gasteiger partial charge in [0.05, 0.1) is 11.1 Å². The summed E-state index contributed by atoms with van der Waals surface area (Å²) in [5, 5.41) is 8.56. The fourth-order valence-electron chi connectivity index (χ4n) is 2.41. The monoisotopic (exact) mass is 305 g/mol. The summed E-state index contributed by atoms with van der Waals surface area (Å²) >= 11 is 1.45. The Balaban J connectivity index is 2.41. The van der Waals surface area contributed by atoms with E-state index in [9.17, 15) is 4.79 Å². The van der Waals surface area contributed by atoms with Crippen LogP contribution in [0, 0.1) is 10.8 Å². The standard InChI is InChI=1S/C16H23N3OS/c1-11(2)18-13(16(3,4)5)21-14(17)19(15(18)20)12-9-7-6-8-10-12/h6-11,13,17H,1-5H3. The minimum Gasteiger partial charge on any atom is -0.309 e. The van der Waals surface area contributed by atoms with Gasteiger partial charge in [0.2, 0.25) is 0 Å². The van der Waals surface area contributed by atoms with Crippen molar-refractivity contribution >= 4 is 28.6 Å². The molecule has 4 nitrogen and oxygen atoms in total. The number of amidine groups is 1. The maximum absolute atomic E-state index is 12.9. The topological polar surface area (TPSA) is 47.4 Å². The molecule has 1 aromatic rings. The zero-order chi connectivity index (χ0) is 15.8. The van der Waals surface area contributed by atoms with E-state index in [2.05, 4.69) is 20.8 Å². The predicted molar refractivity (Wildman–Crippen MR) is 89.9 cm³/mol. The summed E-state index contributed by atoms with van der Waals surface area (Å²) in [5.41, 5.74) is 0.665. The number of amides is 2. The Kier molecular flexibility index (Phi) is 4.33. The summed E-state index contributed by atoms with van der Waals surface area (Å²) < 4.78 is 0. The summed E-state index contributed by atoms with van der Waals surface area (Å²) in [6.45, 7) is 10.4. The lowest BCUT2D eigenvalue weighted by Crippen LogP contribution is -2.60. The van der Waals surface area contributed by atoms with Crippen LogP contribution in [-0.2, 0) is 0 Å². The van der Waals surface area contributed by atoms with E-state index < -0.39 is 0 Å². The van der Waals surface area contributed by atoms with Crippen LogP contribution in [0.4, 0.5) is 10.5 Å². The first-order chi connectivity index (χ1) is 9.73. The molecule has 0 bridgehead atoms. The molecule has 1 N–H and O–H groups in total. The third kappa shape index (κ3) is 3.07. The average Bonchev–Trinajstić information content (AvgIpc) is 2.37. The first-order valence-electron chi connectivity index (χ1n) is 7.16. The van der Waals surface area contributed by atoms with Crippen LogP contribution in [0.1, 0.15) is 34.6 Å². The Morgan fingerprint density at radius 2 is 1.76 bits per heavy atom. The van der Waals surface area contributed by atoms with Gasteiger partial charge in [-0.25, -0.2) is 9.69 Å². The van der Waals surface area contributed by atoms with E-state index in [0.29, 0.717) is 5.17 Å². The number of hydrogen-bond donors (Lipinski definition) is 1. The van der Waals surface area contributed by atoms with Crippen LogP contribution in [0.25, 0.3) is 0 Å². The van der Waals surface area contributed by atoms with Crippen molar-refractivity contribution in [2.75, 3.05) is 4.90 Å². The molecule has 0 saturated carbocycles. The van der Waals surface area contributed by atoms with E-state index >= 15 is 0 Å². The molecule has 0 aliphatic carbocycles. The van der Waals surface area contributed by atoms with Gasteiger partial charge in [0.15, 0.2) is 5.17 Å². The van der Waals surface area contributed by atoms with Crippen LogP contribution in [-0.4, -0.2) is 27.5 Å². The van der Waals surface area contributed by atoms with Gasteiger partial charge in [0.25, 0.3) is 0 Å². The maximum atomic E-state index is 12.9. The van der Waals surface area contributed by atoms with Crippen LogP contribution in [0.5, 0.6) is 0 Å². The number of nitrogens with zero attached hydrogens (tertiary/aromatic N) is 2. The van der Waals surface area contributed by atoms with E-state index in [-0.39, 0.29) is 22.9 Å². The van der Waals surface area contributed by atoms with E-state index in [0.717, 1.165) is 5.69 Å². The van der Waals surface area contributed by atoms with Gasteiger partial charge in [-0.1, -0.05) is 50.7 Å². The SMILES string of the molecule is CC(C)N1C(=O)N(c2ccccc2)C(=N)SC1C(C)(C)C. The Morgan fingerprint density at radius 3 is 2.24 bits per heavy atom. The number of rotatable bonds is 2. The molecule has 0 aromatic heterocycles. The Morgan fingerprint density at radius 1 is 1.19 bits per heavy atom. The van der Waals surface area contributed by atoms with E-state index in [1.54, 1.807) is 0 Å². The molecular formula is C16H23N3OS. The summed E-state index contributed by atoms with van der Waals surface area (Å²) in [7, 11) is 0. The molecule has 1 aliphatic rings. The predicted octanol–water partition coefficient (Wildman–Crippen LogP) is 4.38. The van der Waals surface area contributed by atoms with Crippen molar-refractivity contribution in [1.29, 1.82) is 5.41 Å². The van der Waals surface area contributed by atoms with E-state index in [4.69, 9.17) is 5.41 Å². The van der Waals surface area contributed by atoms with Gasteiger partial charge < -0.3 is 4.90 Å². The molecule has 5 heteroatoms. The fraction of sp³-hybridized carbons (Fsp3) is 0.500. The lowest BCUT2D eigenvalue weighted by Gasteiger charge is -2.47. The molecule has 1 aromatic carbocycles. The van der Waals surface area contributed by atoms with Crippen molar-refractivity contribution < 1.29 is 4.79 Å². The smallest absolute Gasteiger partial charge is 0.309 e. The highest BCUT2D eigenvalue weighted by Gasteiger charge is 2.44. The molecule has 2 amide bonds. The third-order valence-corrected chi connectivity index (χ3v) is 4.97. The minimum atomic E-state index is -0.111. The normalized spacial score (nSPS) is 20.4. The van der Waals surface area contributed by atoms with Crippen molar-refractivity contribution in [3.63, 3.8) is 0 Å². The van der Waals surface area contributed by atoms with Gasteiger partial charge >= 0.3 is 6.03 Å². The summed E-state index contributed by atoms with van der Waals surface area (Å²) in [5.74, 6) is 0. The summed E-state index contributed by atoms with van der Waals surface area (Å²) in [6.07, 6.45) is 0. The molecule has 1 atom stereocenters. The van der Waals surface area contributed by atoms with E-state index in [1.807, 2.05) is 49.1 Å². The number of carbonyl (C=O) groups is 1. The van der Waals surface area contributed by atoms with Gasteiger partial charge in [-0.3, -0.25) is 5.41 Å². The number of para-hydroxylation sites is 1. The number of nitrogens with one attached hydrogen (secondary N) is 1. The second-order valence-electron chi connectivity index (χ2n) is 6.60. The molecule has 1 saturated heterocycles. The van der Waals surface area contributed by atoms with Gasteiger partial charge in [-0.05, 0) is 31.4 Å². The second kappa shape index (κ2) is 5.72. The largest absolute Gasteiger partial charge is 0.331 e. The molecule has 1 heterocycles. The van der Waals surface area contributed by atoms with Gasteiger partial charge in [0, 0.05) is 6.04 Å². The summed E-state index contributed by atoms with van der Waals surface area (Å²) in [4.78, 5) is 16.3. The molecule has 0 spiro atoms. The molecule has 114 valence electrons. The lowest BCUT2D eigenvalue weighted by atomic mass is 9.95.